The Bertz CT molecular complexity index is 255. The van der Waals surface area contributed by atoms with Crippen molar-refractivity contribution in [2.24, 2.45) is 5.92 Å². The molecule has 0 radical (unpaired) electrons. The van der Waals surface area contributed by atoms with E-state index in [1.807, 2.05) is 0 Å². The maximum absolute atomic E-state index is 10.8. The number of rotatable bonds is 9. The highest BCUT2D eigenvalue weighted by Gasteiger charge is 2.17. The number of carbonyl (C=O) groups is 1. The summed E-state index contributed by atoms with van der Waals surface area (Å²) in [6.45, 7) is 7.07. The SMILES string of the molecule is C=CC(=O)OCCCCCCOC1CCC(C)CC1. The second-order valence-electron chi connectivity index (χ2n) is 5.54. The van der Waals surface area contributed by atoms with Gasteiger partial charge < -0.3 is 9.47 Å². The summed E-state index contributed by atoms with van der Waals surface area (Å²) in [7, 11) is 0. The first-order chi connectivity index (χ1) is 9.22. The second-order valence-corrected chi connectivity index (χ2v) is 5.54. The van der Waals surface area contributed by atoms with Crippen LogP contribution in [0.25, 0.3) is 0 Å². The van der Waals surface area contributed by atoms with Crippen molar-refractivity contribution in [1.29, 1.82) is 0 Å². The van der Waals surface area contributed by atoms with E-state index in [4.69, 9.17) is 9.47 Å². The molecular weight excluding hydrogens is 240 g/mol. The maximum atomic E-state index is 10.8. The van der Waals surface area contributed by atoms with Crippen LogP contribution in [0.15, 0.2) is 12.7 Å². The molecule has 0 unspecified atom stereocenters. The van der Waals surface area contributed by atoms with Crippen LogP contribution in [-0.4, -0.2) is 25.3 Å². The van der Waals surface area contributed by atoms with E-state index in [-0.39, 0.29) is 5.97 Å². The minimum atomic E-state index is -0.324. The van der Waals surface area contributed by atoms with Gasteiger partial charge in [-0.1, -0.05) is 19.9 Å². The Balaban J connectivity index is 1.83. The lowest BCUT2D eigenvalue weighted by atomic mass is 9.89. The van der Waals surface area contributed by atoms with Crippen molar-refractivity contribution in [1.82, 2.24) is 0 Å². The Hall–Kier alpha value is -0.830. The number of hydrogen-bond donors (Lipinski definition) is 0. The molecule has 0 aromatic rings. The van der Waals surface area contributed by atoms with E-state index in [1.54, 1.807) is 0 Å². The van der Waals surface area contributed by atoms with Gasteiger partial charge in [0.25, 0.3) is 0 Å². The molecule has 1 fully saturated rings. The molecule has 0 aliphatic heterocycles. The Labute approximate surface area is 117 Å². The normalized spacial score (nSPS) is 23.0. The van der Waals surface area contributed by atoms with Crippen molar-refractivity contribution < 1.29 is 14.3 Å². The molecule has 1 saturated carbocycles. The van der Waals surface area contributed by atoms with E-state index in [0.29, 0.717) is 12.7 Å². The average Bonchev–Trinajstić information content (AvgIpc) is 2.43. The zero-order chi connectivity index (χ0) is 13.9. The predicted molar refractivity (Wildman–Crippen MR) is 77.0 cm³/mol. The fourth-order valence-electron chi connectivity index (χ4n) is 2.44. The maximum Gasteiger partial charge on any atom is 0.330 e. The van der Waals surface area contributed by atoms with Gasteiger partial charge in [-0.2, -0.15) is 0 Å². The largest absolute Gasteiger partial charge is 0.463 e. The zero-order valence-electron chi connectivity index (χ0n) is 12.2. The van der Waals surface area contributed by atoms with Gasteiger partial charge in [0.1, 0.15) is 0 Å². The van der Waals surface area contributed by atoms with Gasteiger partial charge >= 0.3 is 5.97 Å². The fraction of sp³-hybridized carbons (Fsp3) is 0.812. The molecule has 0 bridgehead atoms. The summed E-state index contributed by atoms with van der Waals surface area (Å²) < 4.78 is 10.8. The molecule has 0 saturated heterocycles. The van der Waals surface area contributed by atoms with Gasteiger partial charge in [0.2, 0.25) is 0 Å². The van der Waals surface area contributed by atoms with Crippen LogP contribution in [0.3, 0.4) is 0 Å². The molecule has 1 rings (SSSR count). The summed E-state index contributed by atoms with van der Waals surface area (Å²) >= 11 is 0. The molecule has 0 heterocycles. The van der Waals surface area contributed by atoms with Crippen molar-refractivity contribution in [3.63, 3.8) is 0 Å². The lowest BCUT2D eigenvalue weighted by Gasteiger charge is -2.26. The third-order valence-corrected chi connectivity index (χ3v) is 3.77. The van der Waals surface area contributed by atoms with Gasteiger partial charge in [-0.15, -0.1) is 0 Å². The van der Waals surface area contributed by atoms with Crippen LogP contribution in [0.2, 0.25) is 0 Å². The predicted octanol–water partition coefficient (Wildman–Crippen LogP) is 3.87. The number of carbonyl (C=O) groups excluding carboxylic acids is 1. The Morgan fingerprint density at radius 3 is 2.37 bits per heavy atom. The van der Waals surface area contributed by atoms with Crippen molar-refractivity contribution >= 4 is 5.97 Å². The van der Waals surface area contributed by atoms with Crippen LogP contribution in [0.4, 0.5) is 0 Å². The molecule has 0 aromatic carbocycles. The average molecular weight is 268 g/mol. The molecule has 3 heteroatoms. The van der Waals surface area contributed by atoms with Gasteiger partial charge in [-0.3, -0.25) is 0 Å². The lowest BCUT2D eigenvalue weighted by molar-refractivity contribution is -0.137. The Morgan fingerprint density at radius 1 is 1.11 bits per heavy atom. The van der Waals surface area contributed by atoms with Crippen LogP contribution in [0.1, 0.15) is 58.3 Å². The first kappa shape index (κ1) is 16.2. The van der Waals surface area contributed by atoms with E-state index in [2.05, 4.69) is 13.5 Å². The minimum Gasteiger partial charge on any atom is -0.463 e. The molecule has 0 N–H and O–H groups in total. The van der Waals surface area contributed by atoms with Crippen molar-refractivity contribution in [2.75, 3.05) is 13.2 Å². The summed E-state index contributed by atoms with van der Waals surface area (Å²) in [6.07, 6.45) is 11.1. The second kappa shape index (κ2) is 10.0. The molecule has 110 valence electrons. The monoisotopic (exact) mass is 268 g/mol. The lowest BCUT2D eigenvalue weighted by Crippen LogP contribution is -2.20. The highest BCUT2D eigenvalue weighted by Crippen LogP contribution is 2.25. The fourth-order valence-corrected chi connectivity index (χ4v) is 2.44. The number of ether oxygens (including phenoxy) is 2. The molecule has 0 amide bonds. The molecule has 1 aliphatic carbocycles. The molecule has 0 atom stereocenters. The molecule has 0 aromatic heterocycles. The summed E-state index contributed by atoms with van der Waals surface area (Å²) in [6, 6.07) is 0. The molecule has 0 spiro atoms. The van der Waals surface area contributed by atoms with E-state index < -0.39 is 0 Å². The number of unbranched alkanes of at least 4 members (excludes halogenated alkanes) is 3. The van der Waals surface area contributed by atoms with Gasteiger partial charge in [0.05, 0.1) is 12.7 Å². The van der Waals surface area contributed by atoms with E-state index >= 15 is 0 Å². The van der Waals surface area contributed by atoms with Crippen LogP contribution < -0.4 is 0 Å². The van der Waals surface area contributed by atoms with Crippen LogP contribution in [0.5, 0.6) is 0 Å². The van der Waals surface area contributed by atoms with Crippen molar-refractivity contribution in [2.45, 2.75) is 64.4 Å². The van der Waals surface area contributed by atoms with E-state index in [9.17, 15) is 4.79 Å². The first-order valence-electron chi connectivity index (χ1n) is 7.63. The number of esters is 1. The highest BCUT2D eigenvalue weighted by atomic mass is 16.5. The van der Waals surface area contributed by atoms with Gasteiger partial charge in [-0.25, -0.2) is 4.79 Å². The molecule has 3 nitrogen and oxygen atoms in total. The number of hydrogen-bond acceptors (Lipinski definition) is 3. The summed E-state index contributed by atoms with van der Waals surface area (Å²) in [5.41, 5.74) is 0. The summed E-state index contributed by atoms with van der Waals surface area (Å²) in [5, 5.41) is 0. The minimum absolute atomic E-state index is 0.324. The van der Waals surface area contributed by atoms with Crippen LogP contribution in [0, 0.1) is 5.92 Å². The quantitative estimate of drug-likeness (QED) is 0.362. The Kier molecular flexibility index (Phi) is 8.55. The Morgan fingerprint density at radius 2 is 1.74 bits per heavy atom. The smallest absolute Gasteiger partial charge is 0.330 e. The standard InChI is InChI=1S/C16H28O3/c1-3-16(17)19-13-7-5-4-6-12-18-15-10-8-14(2)9-11-15/h3,14-15H,1,4-13H2,2H3. The van der Waals surface area contributed by atoms with Crippen molar-refractivity contribution in [3.05, 3.63) is 12.7 Å². The third-order valence-electron chi connectivity index (χ3n) is 3.77. The molecular formula is C16H28O3. The first-order valence-corrected chi connectivity index (χ1v) is 7.63. The highest BCUT2D eigenvalue weighted by molar-refractivity contribution is 5.81. The van der Waals surface area contributed by atoms with E-state index in [0.717, 1.165) is 38.2 Å². The topological polar surface area (TPSA) is 35.5 Å². The van der Waals surface area contributed by atoms with Gasteiger partial charge in [0, 0.05) is 12.7 Å². The third kappa shape index (κ3) is 8.04. The van der Waals surface area contributed by atoms with Crippen LogP contribution >= 0.6 is 0 Å². The summed E-state index contributed by atoms with van der Waals surface area (Å²) in [4.78, 5) is 10.8. The molecule has 1 aliphatic rings. The van der Waals surface area contributed by atoms with Gasteiger partial charge in [0.15, 0.2) is 0 Å². The van der Waals surface area contributed by atoms with Crippen molar-refractivity contribution in [3.8, 4) is 0 Å². The molecule has 19 heavy (non-hydrogen) atoms. The zero-order valence-corrected chi connectivity index (χ0v) is 12.2. The summed E-state index contributed by atoms with van der Waals surface area (Å²) in [5.74, 6) is 0.563. The van der Waals surface area contributed by atoms with Gasteiger partial charge in [-0.05, 0) is 50.9 Å². The van der Waals surface area contributed by atoms with Crippen LogP contribution in [-0.2, 0) is 14.3 Å². The van der Waals surface area contributed by atoms with E-state index in [1.165, 1.54) is 31.8 Å².